The van der Waals surface area contributed by atoms with Crippen LogP contribution >= 0.6 is 0 Å². The zero-order valence-corrected chi connectivity index (χ0v) is 7.77. The second-order valence-corrected chi connectivity index (χ2v) is 2.81. The predicted octanol–water partition coefficient (Wildman–Crippen LogP) is 1.24. The van der Waals surface area contributed by atoms with Crippen molar-refractivity contribution in [3.63, 3.8) is 0 Å². The van der Waals surface area contributed by atoms with Crippen LogP contribution in [-0.4, -0.2) is 16.5 Å². The molecule has 1 aromatic heterocycles. The first-order valence-corrected chi connectivity index (χ1v) is 4.05. The number of rotatable bonds is 3. The molecular weight excluding hydrogens is 234 g/mol. The lowest BCUT2D eigenvalue weighted by atomic mass is 10.2. The number of aromatic nitrogens is 1. The standard InChI is InChI=1S/C8H7F4NO3/c9-2-4-1-6(16-8(10,11)12)7(15)13-5(4)3-14/h1,14H,2-3H2,(H,13,15). The second-order valence-electron chi connectivity index (χ2n) is 2.81. The van der Waals surface area contributed by atoms with E-state index in [9.17, 15) is 22.4 Å². The van der Waals surface area contributed by atoms with E-state index in [1.807, 2.05) is 4.98 Å². The molecule has 8 heteroatoms. The summed E-state index contributed by atoms with van der Waals surface area (Å²) in [5.41, 5.74) is -1.62. The van der Waals surface area contributed by atoms with Gasteiger partial charge in [0, 0.05) is 11.3 Å². The van der Waals surface area contributed by atoms with Gasteiger partial charge in [-0.15, -0.1) is 13.2 Å². The Kier molecular flexibility index (Phi) is 3.53. The topological polar surface area (TPSA) is 62.3 Å². The van der Waals surface area contributed by atoms with Crippen molar-refractivity contribution in [1.82, 2.24) is 4.98 Å². The van der Waals surface area contributed by atoms with Crippen LogP contribution in [0.1, 0.15) is 11.3 Å². The fourth-order valence-corrected chi connectivity index (χ4v) is 1.05. The fraction of sp³-hybridized carbons (Fsp3) is 0.375. The molecule has 16 heavy (non-hydrogen) atoms. The first kappa shape index (κ1) is 12.5. The van der Waals surface area contributed by atoms with Crippen molar-refractivity contribution in [2.24, 2.45) is 0 Å². The minimum Gasteiger partial charge on any atom is -0.400 e. The molecule has 0 amide bonds. The van der Waals surface area contributed by atoms with Gasteiger partial charge in [-0.1, -0.05) is 0 Å². The molecule has 4 nitrogen and oxygen atoms in total. The molecule has 2 N–H and O–H groups in total. The summed E-state index contributed by atoms with van der Waals surface area (Å²) in [5.74, 6) is -1.06. The van der Waals surface area contributed by atoms with E-state index in [4.69, 9.17) is 5.11 Å². The van der Waals surface area contributed by atoms with Crippen LogP contribution in [0.25, 0.3) is 0 Å². The number of ether oxygens (including phenoxy) is 1. The summed E-state index contributed by atoms with van der Waals surface area (Å²) in [6.45, 7) is -1.80. The van der Waals surface area contributed by atoms with Crippen molar-refractivity contribution in [2.45, 2.75) is 19.6 Å². The predicted molar refractivity (Wildman–Crippen MR) is 44.5 cm³/mol. The maximum absolute atomic E-state index is 12.3. The molecule has 0 unspecified atom stereocenters. The van der Waals surface area contributed by atoms with Gasteiger partial charge < -0.3 is 14.8 Å². The largest absolute Gasteiger partial charge is 0.573 e. The Morgan fingerprint density at radius 3 is 2.50 bits per heavy atom. The summed E-state index contributed by atoms with van der Waals surface area (Å²) >= 11 is 0. The number of alkyl halides is 4. The maximum Gasteiger partial charge on any atom is 0.573 e. The van der Waals surface area contributed by atoms with E-state index in [2.05, 4.69) is 4.74 Å². The van der Waals surface area contributed by atoms with E-state index in [1.54, 1.807) is 0 Å². The highest BCUT2D eigenvalue weighted by molar-refractivity contribution is 5.29. The number of halogens is 4. The Labute approximate surface area is 86.5 Å². The molecule has 0 saturated carbocycles. The van der Waals surface area contributed by atoms with Crippen LogP contribution in [0, 0.1) is 0 Å². The Bertz CT molecular complexity index is 426. The van der Waals surface area contributed by atoms with Gasteiger partial charge in [0.15, 0.2) is 5.75 Å². The zero-order chi connectivity index (χ0) is 12.3. The molecule has 0 spiro atoms. The van der Waals surface area contributed by atoms with Gasteiger partial charge in [-0.05, 0) is 6.07 Å². The lowest BCUT2D eigenvalue weighted by Gasteiger charge is -2.10. The van der Waals surface area contributed by atoms with Crippen molar-refractivity contribution in [1.29, 1.82) is 0 Å². The highest BCUT2D eigenvalue weighted by atomic mass is 19.4. The molecule has 0 aromatic carbocycles. The molecule has 1 heterocycles. The third kappa shape index (κ3) is 2.96. The highest BCUT2D eigenvalue weighted by Gasteiger charge is 2.32. The molecule has 90 valence electrons. The summed E-state index contributed by atoms with van der Waals surface area (Å²) in [6, 6.07) is 0.609. The van der Waals surface area contributed by atoms with Gasteiger partial charge in [-0.2, -0.15) is 0 Å². The SMILES string of the molecule is O=c1[nH]c(CO)c(CF)cc1OC(F)(F)F. The lowest BCUT2D eigenvalue weighted by Crippen LogP contribution is -2.24. The monoisotopic (exact) mass is 241 g/mol. The number of hydrogen-bond acceptors (Lipinski definition) is 3. The van der Waals surface area contributed by atoms with Gasteiger partial charge >= 0.3 is 6.36 Å². The van der Waals surface area contributed by atoms with E-state index in [0.717, 1.165) is 0 Å². The van der Waals surface area contributed by atoms with Crippen molar-refractivity contribution in [2.75, 3.05) is 0 Å². The molecule has 1 aromatic rings. The highest BCUT2D eigenvalue weighted by Crippen LogP contribution is 2.21. The van der Waals surface area contributed by atoms with Crippen LogP contribution in [0.5, 0.6) is 5.75 Å². The summed E-state index contributed by atoms with van der Waals surface area (Å²) in [4.78, 5) is 12.9. The number of H-pyrrole nitrogens is 1. The quantitative estimate of drug-likeness (QED) is 0.782. The Morgan fingerprint density at radius 1 is 1.44 bits per heavy atom. The molecule has 1 rings (SSSR count). The van der Waals surface area contributed by atoms with Crippen LogP contribution in [0.15, 0.2) is 10.9 Å². The van der Waals surface area contributed by atoms with E-state index in [1.165, 1.54) is 0 Å². The molecule has 0 aliphatic heterocycles. The van der Waals surface area contributed by atoms with Crippen molar-refractivity contribution >= 4 is 0 Å². The molecular formula is C8H7F4NO3. The zero-order valence-electron chi connectivity index (χ0n) is 7.77. The minimum atomic E-state index is -5.03. The number of nitrogens with one attached hydrogen (secondary N) is 1. The third-order valence-corrected chi connectivity index (χ3v) is 1.71. The van der Waals surface area contributed by atoms with Crippen molar-refractivity contribution < 1.29 is 27.4 Å². The molecule has 0 aliphatic rings. The maximum atomic E-state index is 12.3. The molecule has 0 atom stereocenters. The molecule has 0 radical (unpaired) electrons. The Hall–Kier alpha value is -1.57. The van der Waals surface area contributed by atoms with E-state index < -0.39 is 31.0 Å². The first-order valence-electron chi connectivity index (χ1n) is 4.05. The molecule has 0 aliphatic carbocycles. The van der Waals surface area contributed by atoms with Gasteiger partial charge in [0.1, 0.15) is 6.67 Å². The fourth-order valence-electron chi connectivity index (χ4n) is 1.05. The van der Waals surface area contributed by atoms with Gasteiger partial charge in [-0.25, -0.2) is 4.39 Å². The summed E-state index contributed by atoms with van der Waals surface area (Å²) in [7, 11) is 0. The average Bonchev–Trinajstić information content (AvgIpc) is 2.18. The van der Waals surface area contributed by atoms with E-state index in [0.29, 0.717) is 6.07 Å². The minimum absolute atomic E-state index is 0.179. The van der Waals surface area contributed by atoms with Gasteiger partial charge in [0.2, 0.25) is 0 Å². The number of hydrogen-bond donors (Lipinski definition) is 2. The lowest BCUT2D eigenvalue weighted by molar-refractivity contribution is -0.275. The van der Waals surface area contributed by atoms with Crippen molar-refractivity contribution in [3.8, 4) is 5.75 Å². The van der Waals surface area contributed by atoms with Crippen LogP contribution in [0.2, 0.25) is 0 Å². The third-order valence-electron chi connectivity index (χ3n) is 1.71. The molecule has 0 bridgehead atoms. The molecule has 0 saturated heterocycles. The molecule has 0 fully saturated rings. The summed E-state index contributed by atoms with van der Waals surface area (Å²) < 4.78 is 51.2. The van der Waals surface area contributed by atoms with Crippen LogP contribution < -0.4 is 10.3 Å². The number of pyridine rings is 1. The number of aliphatic hydroxyl groups is 1. The first-order chi connectivity index (χ1) is 7.37. The van der Waals surface area contributed by atoms with Gasteiger partial charge in [0.25, 0.3) is 5.56 Å². The second kappa shape index (κ2) is 4.52. The van der Waals surface area contributed by atoms with E-state index in [-0.39, 0.29) is 11.3 Å². The van der Waals surface area contributed by atoms with Gasteiger partial charge in [0.05, 0.1) is 6.61 Å². The number of aliphatic hydroxyl groups excluding tert-OH is 1. The average molecular weight is 241 g/mol. The van der Waals surface area contributed by atoms with Crippen LogP contribution in [0.4, 0.5) is 17.6 Å². The normalized spacial score (nSPS) is 11.6. The Morgan fingerprint density at radius 2 is 2.06 bits per heavy atom. The Balaban J connectivity index is 3.17. The van der Waals surface area contributed by atoms with Crippen molar-refractivity contribution in [3.05, 3.63) is 27.7 Å². The smallest absolute Gasteiger partial charge is 0.400 e. The van der Waals surface area contributed by atoms with Gasteiger partial charge in [-0.3, -0.25) is 4.79 Å². The summed E-state index contributed by atoms with van der Waals surface area (Å²) in [6.07, 6.45) is -5.03. The summed E-state index contributed by atoms with van der Waals surface area (Å²) in [5, 5.41) is 8.70. The van der Waals surface area contributed by atoms with Crippen LogP contribution in [0.3, 0.4) is 0 Å². The number of aromatic amines is 1. The van der Waals surface area contributed by atoms with Crippen LogP contribution in [-0.2, 0) is 13.3 Å². The van der Waals surface area contributed by atoms with E-state index >= 15 is 0 Å².